The number of nitrogens with zero attached hydrogens (tertiary/aromatic N) is 1. The number of aliphatic carboxylic acids is 1. The first-order chi connectivity index (χ1) is 9.78. The second-order valence-corrected chi connectivity index (χ2v) is 11.0. The van der Waals surface area contributed by atoms with E-state index in [-0.39, 0.29) is 18.9 Å². The van der Waals surface area contributed by atoms with Crippen molar-refractivity contribution in [2.24, 2.45) is 5.92 Å². The van der Waals surface area contributed by atoms with E-state index in [9.17, 15) is 9.59 Å². The van der Waals surface area contributed by atoms with Crippen molar-refractivity contribution in [2.45, 2.75) is 26.1 Å². The summed E-state index contributed by atoms with van der Waals surface area (Å²) >= 11 is 0. The number of benzene rings is 1. The van der Waals surface area contributed by atoms with Crippen LogP contribution in [0.1, 0.15) is 12.0 Å². The van der Waals surface area contributed by atoms with Gasteiger partial charge in [-0.05, 0) is 12.1 Å². The highest BCUT2D eigenvalue weighted by Crippen LogP contribution is 2.27. The zero-order chi connectivity index (χ0) is 15.6. The molecule has 1 heterocycles. The molecule has 5 heteroatoms. The highest BCUT2D eigenvalue weighted by Gasteiger charge is 2.35. The smallest absolute Gasteiger partial charge is 0.308 e. The summed E-state index contributed by atoms with van der Waals surface area (Å²) in [5.74, 6) is 1.47. The third-order valence-electron chi connectivity index (χ3n) is 3.24. The molecule has 1 aromatic rings. The van der Waals surface area contributed by atoms with E-state index in [1.807, 2.05) is 24.3 Å². The van der Waals surface area contributed by atoms with E-state index in [0.29, 0.717) is 0 Å². The zero-order valence-corrected chi connectivity index (χ0v) is 13.5. The molecule has 0 saturated carbocycles. The summed E-state index contributed by atoms with van der Waals surface area (Å²) < 4.78 is 0. The molecule has 2 rings (SSSR count). The third-order valence-corrected chi connectivity index (χ3v) is 4.12. The highest BCUT2D eigenvalue weighted by atomic mass is 28.3. The molecule has 1 amide bonds. The summed E-state index contributed by atoms with van der Waals surface area (Å²) in [6.45, 7) is 6.69. The van der Waals surface area contributed by atoms with Gasteiger partial charge in [0.25, 0.3) is 0 Å². The van der Waals surface area contributed by atoms with Crippen LogP contribution in [0.4, 0.5) is 5.69 Å². The Morgan fingerprint density at radius 3 is 2.57 bits per heavy atom. The van der Waals surface area contributed by atoms with Gasteiger partial charge in [-0.3, -0.25) is 9.59 Å². The van der Waals surface area contributed by atoms with Gasteiger partial charge in [-0.15, -0.1) is 5.54 Å². The van der Waals surface area contributed by atoms with Crippen LogP contribution in [0.3, 0.4) is 0 Å². The molecule has 1 aliphatic heterocycles. The first-order valence-corrected chi connectivity index (χ1v) is 10.4. The average Bonchev–Trinajstić information content (AvgIpc) is 2.78. The Balaban J connectivity index is 2.34. The summed E-state index contributed by atoms with van der Waals surface area (Å²) in [5.41, 5.74) is 4.80. The van der Waals surface area contributed by atoms with Crippen LogP contribution < -0.4 is 4.90 Å². The number of carbonyl (C=O) groups is 2. The van der Waals surface area contributed by atoms with E-state index in [4.69, 9.17) is 5.11 Å². The van der Waals surface area contributed by atoms with E-state index in [1.165, 1.54) is 0 Å². The van der Waals surface area contributed by atoms with Gasteiger partial charge in [0.05, 0.1) is 11.6 Å². The van der Waals surface area contributed by atoms with E-state index in [1.54, 1.807) is 4.90 Å². The fourth-order valence-corrected chi connectivity index (χ4v) is 2.69. The molecule has 0 radical (unpaired) electrons. The zero-order valence-electron chi connectivity index (χ0n) is 12.5. The first-order valence-electron chi connectivity index (χ1n) is 6.93. The minimum Gasteiger partial charge on any atom is -0.481 e. The quantitative estimate of drug-likeness (QED) is 0.674. The molecule has 1 unspecified atom stereocenters. The largest absolute Gasteiger partial charge is 0.481 e. The topological polar surface area (TPSA) is 57.6 Å². The van der Waals surface area contributed by atoms with Crippen molar-refractivity contribution in [1.29, 1.82) is 0 Å². The summed E-state index contributed by atoms with van der Waals surface area (Å²) in [6, 6.07) is 7.43. The van der Waals surface area contributed by atoms with Gasteiger partial charge in [0, 0.05) is 18.5 Å². The van der Waals surface area contributed by atoms with Gasteiger partial charge >= 0.3 is 5.97 Å². The van der Waals surface area contributed by atoms with E-state index < -0.39 is 20.0 Å². The van der Waals surface area contributed by atoms with Crippen molar-refractivity contribution >= 4 is 25.6 Å². The predicted octanol–water partition coefficient (Wildman–Crippen LogP) is 2.35. The molecule has 1 aliphatic rings. The van der Waals surface area contributed by atoms with E-state index in [2.05, 4.69) is 31.1 Å². The molecular weight excluding hydrogens is 282 g/mol. The van der Waals surface area contributed by atoms with Crippen LogP contribution in [0.2, 0.25) is 19.6 Å². The van der Waals surface area contributed by atoms with Gasteiger partial charge < -0.3 is 10.0 Å². The van der Waals surface area contributed by atoms with Crippen LogP contribution in [-0.2, 0) is 9.59 Å². The Morgan fingerprint density at radius 1 is 1.33 bits per heavy atom. The van der Waals surface area contributed by atoms with Crippen molar-refractivity contribution in [3.63, 3.8) is 0 Å². The molecule has 0 bridgehead atoms. The second kappa shape index (κ2) is 5.74. The first kappa shape index (κ1) is 15.3. The minimum atomic E-state index is -1.51. The Morgan fingerprint density at radius 2 is 2.00 bits per heavy atom. The lowest BCUT2D eigenvalue weighted by Crippen LogP contribution is -2.26. The summed E-state index contributed by atoms with van der Waals surface area (Å²) in [7, 11) is -1.51. The molecule has 1 fully saturated rings. The number of para-hydroxylation sites is 1. The van der Waals surface area contributed by atoms with Gasteiger partial charge in [0.2, 0.25) is 5.91 Å². The number of amides is 1. The number of carboxylic acid groups (broad SMARTS) is 1. The molecule has 110 valence electrons. The Hall–Kier alpha value is -2.06. The lowest BCUT2D eigenvalue weighted by Gasteiger charge is -2.18. The van der Waals surface area contributed by atoms with Gasteiger partial charge in [-0.25, -0.2) is 0 Å². The number of carboxylic acids is 1. The number of anilines is 1. The third kappa shape index (κ3) is 3.73. The van der Waals surface area contributed by atoms with E-state index in [0.717, 1.165) is 11.3 Å². The van der Waals surface area contributed by atoms with Crippen LogP contribution in [0.15, 0.2) is 24.3 Å². The number of hydrogen-bond acceptors (Lipinski definition) is 2. The Kier molecular flexibility index (Phi) is 4.19. The maximum atomic E-state index is 12.1. The second-order valence-electron chi connectivity index (χ2n) is 6.26. The van der Waals surface area contributed by atoms with Gasteiger partial charge in [0.1, 0.15) is 8.07 Å². The van der Waals surface area contributed by atoms with Crippen LogP contribution in [-0.4, -0.2) is 31.6 Å². The van der Waals surface area contributed by atoms with Crippen LogP contribution in [0, 0.1) is 17.4 Å². The maximum absolute atomic E-state index is 12.1. The van der Waals surface area contributed by atoms with Crippen LogP contribution >= 0.6 is 0 Å². The summed E-state index contributed by atoms with van der Waals surface area (Å²) in [5, 5.41) is 9.07. The van der Waals surface area contributed by atoms with E-state index >= 15 is 0 Å². The molecule has 1 N–H and O–H groups in total. The lowest BCUT2D eigenvalue weighted by atomic mass is 10.1. The van der Waals surface area contributed by atoms with Crippen molar-refractivity contribution in [3.8, 4) is 11.5 Å². The van der Waals surface area contributed by atoms with Crippen molar-refractivity contribution < 1.29 is 14.7 Å². The predicted molar refractivity (Wildman–Crippen MR) is 84.8 cm³/mol. The van der Waals surface area contributed by atoms with Crippen LogP contribution in [0.5, 0.6) is 0 Å². The van der Waals surface area contributed by atoms with Gasteiger partial charge in [0.15, 0.2) is 0 Å². The maximum Gasteiger partial charge on any atom is 0.308 e. The van der Waals surface area contributed by atoms with Gasteiger partial charge in [-0.2, -0.15) is 0 Å². The molecule has 1 atom stereocenters. The minimum absolute atomic E-state index is 0.0606. The molecular formula is C16H19NO3Si. The molecule has 4 nitrogen and oxygen atoms in total. The normalized spacial score (nSPS) is 18.3. The molecule has 0 spiro atoms. The van der Waals surface area contributed by atoms with Crippen molar-refractivity contribution in [2.75, 3.05) is 11.4 Å². The number of rotatable bonds is 2. The molecule has 1 aromatic carbocycles. The number of carbonyl (C=O) groups excluding carboxylic acids is 1. The Labute approximate surface area is 125 Å². The summed E-state index contributed by atoms with van der Waals surface area (Å²) in [4.78, 5) is 24.7. The SMILES string of the molecule is C[Si](C)(C)C#Cc1ccccc1N1CC(C(=O)O)CC1=O. The highest BCUT2D eigenvalue weighted by molar-refractivity contribution is 6.83. The fraction of sp³-hybridized carbons (Fsp3) is 0.375. The standard InChI is InChI=1S/C16H19NO3Si/c1-21(2,3)9-8-12-6-4-5-7-14(12)17-11-13(16(19)20)10-15(17)18/h4-7,13H,10-11H2,1-3H3,(H,19,20). The molecule has 1 saturated heterocycles. The monoisotopic (exact) mass is 301 g/mol. The summed E-state index contributed by atoms with van der Waals surface area (Å²) in [6.07, 6.45) is 0.0606. The van der Waals surface area contributed by atoms with Crippen LogP contribution in [0.25, 0.3) is 0 Å². The molecule has 0 aromatic heterocycles. The number of hydrogen-bond donors (Lipinski definition) is 1. The van der Waals surface area contributed by atoms with Gasteiger partial charge in [-0.1, -0.05) is 37.7 Å². The average molecular weight is 301 g/mol. The van der Waals surface area contributed by atoms with Crippen molar-refractivity contribution in [1.82, 2.24) is 0 Å². The molecule has 0 aliphatic carbocycles. The van der Waals surface area contributed by atoms with Crippen molar-refractivity contribution in [3.05, 3.63) is 29.8 Å². The lowest BCUT2D eigenvalue weighted by molar-refractivity contribution is -0.141. The molecule has 21 heavy (non-hydrogen) atoms. The fourth-order valence-electron chi connectivity index (χ4n) is 2.18. The Bertz CT molecular complexity index is 637.